The Kier molecular flexibility index (Phi) is 10.0. The number of anilines is 2. The number of halogens is 3. The fourth-order valence-corrected chi connectivity index (χ4v) is 5.40. The molecule has 0 heterocycles. The molecule has 0 spiro atoms. The van der Waals surface area contributed by atoms with Gasteiger partial charge in [0.1, 0.15) is 0 Å². The van der Waals surface area contributed by atoms with E-state index >= 15 is 0 Å². The van der Waals surface area contributed by atoms with Crippen molar-refractivity contribution in [2.24, 2.45) is 0 Å². The number of carbonyl (C=O) groups excluding carboxylic acids is 2. The molecule has 42 heavy (non-hydrogen) atoms. The van der Waals surface area contributed by atoms with Gasteiger partial charge in [-0.3, -0.25) is 14.3 Å². The van der Waals surface area contributed by atoms with E-state index in [-0.39, 0.29) is 27.7 Å². The molecule has 0 aliphatic heterocycles. The molecule has 0 fully saturated rings. The van der Waals surface area contributed by atoms with Crippen LogP contribution in [0.1, 0.15) is 31.8 Å². The average molecular weight is 638 g/mol. The first kappa shape index (κ1) is 30.8. The van der Waals surface area contributed by atoms with Gasteiger partial charge in [-0.1, -0.05) is 95.5 Å². The molecule has 5 aromatic rings. The van der Waals surface area contributed by atoms with Crippen LogP contribution < -0.4 is 10.5 Å². The Morgan fingerprint density at radius 1 is 0.571 bits per heavy atom. The van der Waals surface area contributed by atoms with E-state index in [2.05, 4.69) is 4.72 Å². The van der Waals surface area contributed by atoms with Crippen LogP contribution in [0.25, 0.3) is 0 Å². The molecule has 0 atom stereocenters. The van der Waals surface area contributed by atoms with Crippen LogP contribution in [0.15, 0.2) is 126 Å². The molecule has 0 saturated heterocycles. The van der Waals surface area contributed by atoms with Crippen molar-refractivity contribution in [2.75, 3.05) is 10.5 Å². The first-order chi connectivity index (χ1) is 20.0. The predicted octanol–water partition coefficient (Wildman–Crippen LogP) is 8.18. The van der Waals surface area contributed by atoms with Gasteiger partial charge in [0.25, 0.3) is 10.0 Å². The average Bonchev–Trinajstić information content (AvgIpc) is 2.98. The molecule has 6 nitrogen and oxygen atoms in total. The Morgan fingerprint density at radius 3 is 1.55 bits per heavy atom. The summed E-state index contributed by atoms with van der Waals surface area (Å²) >= 11 is 17.6. The van der Waals surface area contributed by atoms with Gasteiger partial charge in [0.2, 0.25) is 0 Å². The molecular formula is C32H23Cl3N2O4S. The molecule has 0 radical (unpaired) electrons. The zero-order valence-electron chi connectivity index (χ0n) is 21.8. The van der Waals surface area contributed by atoms with Crippen molar-refractivity contribution in [3.8, 4) is 0 Å². The molecule has 212 valence electrons. The van der Waals surface area contributed by atoms with Gasteiger partial charge in [0.05, 0.1) is 10.6 Å². The summed E-state index contributed by atoms with van der Waals surface area (Å²) in [5.41, 5.74) is 8.03. The number of carbonyl (C=O) groups is 2. The highest BCUT2D eigenvalue weighted by Crippen LogP contribution is 2.27. The van der Waals surface area contributed by atoms with Gasteiger partial charge in [0, 0.05) is 43.0 Å². The molecule has 0 aliphatic rings. The maximum Gasteiger partial charge on any atom is 0.261 e. The van der Waals surface area contributed by atoms with E-state index in [1.165, 1.54) is 42.5 Å². The minimum absolute atomic E-state index is 0.0278. The number of sulfonamides is 1. The summed E-state index contributed by atoms with van der Waals surface area (Å²) < 4.78 is 27.7. The number of benzene rings is 5. The largest absolute Gasteiger partial charge is 0.398 e. The quantitative estimate of drug-likeness (QED) is 0.138. The number of hydrogen-bond donors (Lipinski definition) is 2. The van der Waals surface area contributed by atoms with Crippen LogP contribution in [-0.2, 0) is 10.0 Å². The lowest BCUT2D eigenvalue weighted by atomic mass is 10.0. The second kappa shape index (κ2) is 13.7. The lowest BCUT2D eigenvalue weighted by Gasteiger charge is -2.13. The highest BCUT2D eigenvalue weighted by molar-refractivity contribution is 7.92. The third-order valence-corrected chi connectivity index (χ3v) is 8.03. The number of nitrogen functional groups attached to an aromatic ring is 1. The lowest BCUT2D eigenvalue weighted by molar-refractivity contribution is 0.103. The Bertz CT molecular complexity index is 1830. The van der Waals surface area contributed by atoms with Crippen molar-refractivity contribution in [1.29, 1.82) is 0 Å². The van der Waals surface area contributed by atoms with Crippen LogP contribution in [-0.4, -0.2) is 20.0 Å². The van der Waals surface area contributed by atoms with E-state index < -0.39 is 10.0 Å². The van der Waals surface area contributed by atoms with E-state index in [0.29, 0.717) is 37.4 Å². The van der Waals surface area contributed by atoms with Gasteiger partial charge < -0.3 is 5.73 Å². The van der Waals surface area contributed by atoms with Gasteiger partial charge in [-0.25, -0.2) is 8.42 Å². The van der Waals surface area contributed by atoms with Crippen molar-refractivity contribution in [3.05, 3.63) is 159 Å². The van der Waals surface area contributed by atoms with Crippen LogP contribution in [0.2, 0.25) is 15.1 Å². The zero-order valence-corrected chi connectivity index (χ0v) is 24.9. The number of hydrogen-bond acceptors (Lipinski definition) is 5. The van der Waals surface area contributed by atoms with E-state index in [0.717, 1.165) is 0 Å². The van der Waals surface area contributed by atoms with E-state index in [9.17, 15) is 18.0 Å². The predicted molar refractivity (Wildman–Crippen MR) is 169 cm³/mol. The first-order valence-electron chi connectivity index (χ1n) is 12.4. The highest BCUT2D eigenvalue weighted by atomic mass is 35.5. The van der Waals surface area contributed by atoms with Crippen molar-refractivity contribution in [2.45, 2.75) is 4.90 Å². The van der Waals surface area contributed by atoms with E-state index in [1.807, 2.05) is 18.2 Å². The number of ketones is 2. The van der Waals surface area contributed by atoms with Crippen LogP contribution in [0.3, 0.4) is 0 Å². The van der Waals surface area contributed by atoms with Crippen molar-refractivity contribution >= 4 is 67.8 Å². The lowest BCUT2D eigenvalue weighted by Crippen LogP contribution is -2.16. The maximum absolute atomic E-state index is 12.8. The molecule has 0 amide bonds. The monoisotopic (exact) mass is 636 g/mol. The SMILES string of the molecule is Nc1cc(Cl)ccc1C(=O)c1ccccc1.O=C(c1ccccc1)c1ccc(Cl)cc1NS(=O)(=O)c1ccc(Cl)cc1. The molecule has 0 bridgehead atoms. The first-order valence-corrected chi connectivity index (χ1v) is 15.0. The van der Waals surface area contributed by atoms with Gasteiger partial charge >= 0.3 is 0 Å². The normalized spacial score (nSPS) is 10.7. The smallest absolute Gasteiger partial charge is 0.261 e. The highest BCUT2D eigenvalue weighted by Gasteiger charge is 2.20. The maximum atomic E-state index is 12.8. The molecular weight excluding hydrogens is 615 g/mol. The molecule has 5 aromatic carbocycles. The van der Waals surface area contributed by atoms with E-state index in [1.54, 1.807) is 60.7 Å². The zero-order chi connectivity index (χ0) is 30.3. The van der Waals surface area contributed by atoms with E-state index in [4.69, 9.17) is 40.5 Å². The summed E-state index contributed by atoms with van der Waals surface area (Å²) in [6, 6.07) is 32.7. The molecule has 0 unspecified atom stereocenters. The Balaban J connectivity index is 0.000000216. The summed E-state index contributed by atoms with van der Waals surface area (Å²) in [6.07, 6.45) is 0. The van der Waals surface area contributed by atoms with Gasteiger partial charge in [0.15, 0.2) is 11.6 Å². The number of nitrogens with one attached hydrogen (secondary N) is 1. The summed E-state index contributed by atoms with van der Waals surface area (Å²) in [5, 5.41) is 1.26. The fraction of sp³-hybridized carbons (Fsp3) is 0. The number of nitrogens with two attached hydrogens (primary N) is 1. The summed E-state index contributed by atoms with van der Waals surface area (Å²) in [4.78, 5) is 24.8. The molecule has 10 heteroatoms. The summed E-state index contributed by atoms with van der Waals surface area (Å²) in [6.45, 7) is 0. The van der Waals surface area contributed by atoms with Crippen molar-refractivity contribution in [1.82, 2.24) is 0 Å². The third kappa shape index (κ3) is 7.78. The van der Waals surface area contributed by atoms with Crippen LogP contribution in [0.4, 0.5) is 11.4 Å². The third-order valence-electron chi connectivity index (χ3n) is 5.92. The molecule has 5 rings (SSSR count). The summed E-state index contributed by atoms with van der Waals surface area (Å²) in [5.74, 6) is -0.397. The standard InChI is InChI=1S/C19H13Cl2NO3S.C13H10ClNO/c20-14-6-9-16(10-7-14)26(24,25)22-18-12-15(21)8-11-17(18)19(23)13-4-2-1-3-5-13;14-10-6-7-11(12(15)8-10)13(16)9-4-2-1-3-5-9/h1-12,22H;1-8H,15H2. The van der Waals surface area contributed by atoms with Crippen LogP contribution in [0.5, 0.6) is 0 Å². The van der Waals surface area contributed by atoms with Gasteiger partial charge in [-0.2, -0.15) is 0 Å². The van der Waals surface area contributed by atoms with Crippen LogP contribution in [0, 0.1) is 0 Å². The summed E-state index contributed by atoms with van der Waals surface area (Å²) in [7, 11) is -3.90. The van der Waals surface area contributed by atoms with Gasteiger partial charge in [-0.15, -0.1) is 0 Å². The topological polar surface area (TPSA) is 106 Å². The van der Waals surface area contributed by atoms with Crippen molar-refractivity contribution < 1.29 is 18.0 Å². The Hall–Kier alpha value is -4.14. The second-order valence-corrected chi connectivity index (χ2v) is 11.9. The Morgan fingerprint density at radius 2 is 1.02 bits per heavy atom. The minimum atomic E-state index is -3.90. The van der Waals surface area contributed by atoms with Crippen molar-refractivity contribution in [3.63, 3.8) is 0 Å². The molecule has 0 saturated carbocycles. The Labute approximate surface area is 258 Å². The second-order valence-electron chi connectivity index (χ2n) is 8.87. The molecule has 3 N–H and O–H groups in total. The molecule has 0 aliphatic carbocycles. The van der Waals surface area contributed by atoms with Gasteiger partial charge in [-0.05, 0) is 60.7 Å². The van der Waals surface area contributed by atoms with Crippen LogP contribution >= 0.6 is 34.8 Å². The number of rotatable bonds is 7. The minimum Gasteiger partial charge on any atom is -0.398 e. The molecule has 0 aromatic heterocycles. The fourth-order valence-electron chi connectivity index (χ4n) is 3.85.